The second-order valence-corrected chi connectivity index (χ2v) is 11.5. The fourth-order valence-electron chi connectivity index (χ4n) is 1.57. The average Bonchev–Trinajstić information content (AvgIpc) is 2.59. The van der Waals surface area contributed by atoms with Crippen LogP contribution in [0, 0.1) is 0 Å². The minimum atomic E-state index is -1.80. The van der Waals surface area contributed by atoms with E-state index in [4.69, 9.17) is 9.16 Å². The Morgan fingerprint density at radius 2 is 2.12 bits per heavy atom. The van der Waals surface area contributed by atoms with Crippen molar-refractivity contribution in [2.45, 2.75) is 64.0 Å². The molecular weight excluding hydrogens is 300 g/mol. The normalized spacial score (nSPS) is 23.6. The van der Waals surface area contributed by atoms with Gasteiger partial charge in [0.2, 0.25) is 0 Å². The highest BCUT2D eigenvalue weighted by Gasteiger charge is 2.42. The summed E-state index contributed by atoms with van der Waals surface area (Å²) in [5.74, 6) is -0.0974. The van der Waals surface area contributed by atoms with Crippen molar-refractivity contribution in [2.75, 3.05) is 5.33 Å². The van der Waals surface area contributed by atoms with Crippen molar-refractivity contribution in [3.8, 4) is 0 Å². The van der Waals surface area contributed by atoms with E-state index < -0.39 is 8.32 Å². The van der Waals surface area contributed by atoms with Crippen molar-refractivity contribution >= 4 is 30.2 Å². The van der Waals surface area contributed by atoms with Gasteiger partial charge in [-0.25, -0.2) is 0 Å². The second kappa shape index (κ2) is 5.41. The molecule has 3 nitrogen and oxygen atoms in total. The van der Waals surface area contributed by atoms with Crippen LogP contribution in [-0.4, -0.2) is 31.8 Å². The monoisotopic (exact) mass is 322 g/mol. The van der Waals surface area contributed by atoms with E-state index in [1.165, 1.54) is 0 Å². The first-order valence-corrected chi connectivity index (χ1v) is 10.1. The first-order chi connectivity index (χ1) is 7.67. The number of cyclic esters (lactones) is 1. The summed E-state index contributed by atoms with van der Waals surface area (Å²) >= 11 is 3.47. The molecule has 100 valence electrons. The Bertz CT molecular complexity index is 286. The highest BCUT2D eigenvalue weighted by molar-refractivity contribution is 9.09. The van der Waals surface area contributed by atoms with Crippen LogP contribution < -0.4 is 0 Å². The van der Waals surface area contributed by atoms with Crippen molar-refractivity contribution < 1.29 is 14.0 Å². The topological polar surface area (TPSA) is 35.5 Å². The van der Waals surface area contributed by atoms with Gasteiger partial charge in [0.05, 0.1) is 6.10 Å². The molecule has 5 heteroatoms. The average molecular weight is 323 g/mol. The predicted octanol–water partition coefficient (Wildman–Crippen LogP) is 3.48. The number of esters is 1. The van der Waals surface area contributed by atoms with Gasteiger partial charge in [0.15, 0.2) is 8.32 Å². The second-order valence-electron chi connectivity index (χ2n) is 6.14. The molecule has 2 atom stereocenters. The van der Waals surface area contributed by atoms with E-state index >= 15 is 0 Å². The Kier molecular flexibility index (Phi) is 4.83. The molecule has 0 bridgehead atoms. The van der Waals surface area contributed by atoms with Gasteiger partial charge in [-0.15, -0.1) is 0 Å². The highest BCUT2D eigenvalue weighted by Crippen LogP contribution is 2.38. The third-order valence-corrected chi connectivity index (χ3v) is 8.88. The molecular formula is C12H23BrO3Si. The Hall–Kier alpha value is 0.127. The van der Waals surface area contributed by atoms with Crippen LogP contribution in [0.25, 0.3) is 0 Å². The van der Waals surface area contributed by atoms with E-state index in [-0.39, 0.29) is 23.2 Å². The van der Waals surface area contributed by atoms with Gasteiger partial charge in [-0.2, -0.15) is 0 Å². The maximum absolute atomic E-state index is 11.2. The van der Waals surface area contributed by atoms with E-state index in [2.05, 4.69) is 49.8 Å². The van der Waals surface area contributed by atoms with Crippen molar-refractivity contribution in [3.05, 3.63) is 0 Å². The van der Waals surface area contributed by atoms with E-state index in [0.717, 1.165) is 11.8 Å². The third kappa shape index (κ3) is 3.79. The molecule has 1 aliphatic rings. The van der Waals surface area contributed by atoms with Gasteiger partial charge in [-0.3, -0.25) is 4.79 Å². The van der Waals surface area contributed by atoms with Gasteiger partial charge < -0.3 is 9.16 Å². The number of rotatable bonds is 4. The molecule has 17 heavy (non-hydrogen) atoms. The van der Waals surface area contributed by atoms with Crippen LogP contribution in [-0.2, 0) is 14.0 Å². The minimum absolute atomic E-state index is 0.0117. The largest absolute Gasteiger partial charge is 0.460 e. The molecule has 0 N–H and O–H groups in total. The Morgan fingerprint density at radius 3 is 2.47 bits per heavy atom. The van der Waals surface area contributed by atoms with Crippen LogP contribution in [0.2, 0.25) is 18.1 Å². The number of ether oxygens (including phenoxy) is 1. The van der Waals surface area contributed by atoms with Crippen molar-refractivity contribution in [3.63, 3.8) is 0 Å². The van der Waals surface area contributed by atoms with Crippen LogP contribution in [0.5, 0.6) is 0 Å². The molecule has 0 aromatic carbocycles. The van der Waals surface area contributed by atoms with E-state index in [1.54, 1.807) is 0 Å². The number of carbonyl (C=O) groups is 1. The van der Waals surface area contributed by atoms with Crippen LogP contribution in [0.4, 0.5) is 0 Å². The summed E-state index contributed by atoms with van der Waals surface area (Å²) in [6, 6.07) is 0. The first kappa shape index (κ1) is 15.2. The van der Waals surface area contributed by atoms with Crippen LogP contribution in [0.1, 0.15) is 33.6 Å². The maximum atomic E-state index is 11.2. The first-order valence-electron chi connectivity index (χ1n) is 6.10. The SMILES string of the molecule is CC(C)(C)[Si](C)(C)O[C@H](CBr)[C@@H]1CCC(=O)O1. The van der Waals surface area contributed by atoms with E-state index in [0.29, 0.717) is 6.42 Å². The van der Waals surface area contributed by atoms with Crippen molar-refractivity contribution in [2.24, 2.45) is 0 Å². The fourth-order valence-corrected chi connectivity index (χ4v) is 3.71. The van der Waals surface area contributed by atoms with Gasteiger partial charge in [-0.1, -0.05) is 36.7 Å². The fraction of sp³-hybridized carbons (Fsp3) is 0.917. The Labute approximate surface area is 114 Å². The number of hydrogen-bond acceptors (Lipinski definition) is 3. The third-order valence-electron chi connectivity index (χ3n) is 3.73. The lowest BCUT2D eigenvalue weighted by atomic mass is 10.2. The van der Waals surface area contributed by atoms with Crippen LogP contribution in [0.15, 0.2) is 0 Å². The van der Waals surface area contributed by atoms with Gasteiger partial charge in [-0.05, 0) is 24.6 Å². The zero-order valence-electron chi connectivity index (χ0n) is 11.4. The summed E-state index contributed by atoms with van der Waals surface area (Å²) in [5, 5.41) is 0.896. The predicted molar refractivity (Wildman–Crippen MR) is 75.0 cm³/mol. The molecule has 0 aromatic heterocycles. The lowest BCUT2D eigenvalue weighted by Crippen LogP contribution is -2.47. The van der Waals surface area contributed by atoms with Gasteiger partial charge in [0.1, 0.15) is 6.10 Å². The Morgan fingerprint density at radius 1 is 1.53 bits per heavy atom. The van der Waals surface area contributed by atoms with Crippen molar-refractivity contribution in [1.29, 1.82) is 0 Å². The lowest BCUT2D eigenvalue weighted by molar-refractivity contribution is -0.144. The zero-order valence-corrected chi connectivity index (χ0v) is 14.0. The van der Waals surface area contributed by atoms with Crippen molar-refractivity contribution in [1.82, 2.24) is 0 Å². The summed E-state index contributed by atoms with van der Waals surface area (Å²) in [4.78, 5) is 11.2. The molecule has 0 unspecified atom stereocenters. The summed E-state index contributed by atoms with van der Waals surface area (Å²) in [6.45, 7) is 11.1. The van der Waals surface area contributed by atoms with Crippen LogP contribution in [0.3, 0.4) is 0 Å². The maximum Gasteiger partial charge on any atom is 0.306 e. The molecule has 0 aromatic rings. The highest BCUT2D eigenvalue weighted by atomic mass is 79.9. The zero-order chi connectivity index (χ0) is 13.3. The molecule has 1 rings (SSSR count). The van der Waals surface area contributed by atoms with Crippen LogP contribution >= 0.6 is 15.9 Å². The number of carbonyl (C=O) groups excluding carboxylic acids is 1. The van der Waals surface area contributed by atoms with E-state index in [9.17, 15) is 4.79 Å². The van der Waals surface area contributed by atoms with E-state index in [1.807, 2.05) is 0 Å². The number of hydrogen-bond donors (Lipinski definition) is 0. The molecule has 0 spiro atoms. The van der Waals surface area contributed by atoms with Gasteiger partial charge in [0, 0.05) is 11.8 Å². The minimum Gasteiger partial charge on any atom is -0.460 e. The Balaban J connectivity index is 2.67. The van der Waals surface area contributed by atoms with Gasteiger partial charge in [0.25, 0.3) is 0 Å². The molecule has 1 fully saturated rings. The summed E-state index contributed by atoms with van der Waals surface area (Å²) in [7, 11) is -1.80. The molecule has 1 saturated heterocycles. The quantitative estimate of drug-likeness (QED) is 0.451. The number of alkyl halides is 1. The summed E-state index contributed by atoms with van der Waals surface area (Å²) in [5.41, 5.74) is 0. The lowest BCUT2D eigenvalue weighted by Gasteiger charge is -2.40. The standard InChI is InChI=1S/C12H23BrO3Si/c1-12(2,3)17(4,5)16-10(8-13)9-6-7-11(14)15-9/h9-10H,6-8H2,1-5H3/t9-,10+/m0/s1. The molecule has 1 aliphatic heterocycles. The molecule has 1 heterocycles. The molecule has 0 aliphatic carbocycles. The summed E-state index contributed by atoms with van der Waals surface area (Å²) in [6.07, 6.45) is 1.22. The van der Waals surface area contributed by atoms with Gasteiger partial charge >= 0.3 is 5.97 Å². The smallest absolute Gasteiger partial charge is 0.306 e. The molecule has 0 saturated carbocycles. The molecule has 0 amide bonds. The molecule has 0 radical (unpaired) electrons. The summed E-state index contributed by atoms with van der Waals surface area (Å²) < 4.78 is 11.6. The number of halogens is 1.